The summed E-state index contributed by atoms with van der Waals surface area (Å²) < 4.78 is 31.7. The Labute approximate surface area is 157 Å². The van der Waals surface area contributed by atoms with Crippen LogP contribution >= 0.6 is 0 Å². The molecule has 0 unspecified atom stereocenters. The van der Waals surface area contributed by atoms with E-state index in [0.717, 1.165) is 39.9 Å². The third kappa shape index (κ3) is 3.42. The number of fused-ring (bicyclic) bond motifs is 3. The van der Waals surface area contributed by atoms with Crippen LogP contribution in [0.15, 0.2) is 60.7 Å². The second-order valence-corrected chi connectivity index (χ2v) is 6.18. The molecular formula is C21H14F2N2O3. The second-order valence-electron chi connectivity index (χ2n) is 6.18. The van der Waals surface area contributed by atoms with Gasteiger partial charge in [-0.3, -0.25) is 4.79 Å². The van der Waals surface area contributed by atoms with Crippen molar-refractivity contribution < 1.29 is 23.1 Å². The first-order valence-corrected chi connectivity index (χ1v) is 8.44. The van der Waals surface area contributed by atoms with Crippen LogP contribution in [0.3, 0.4) is 0 Å². The van der Waals surface area contributed by atoms with E-state index < -0.39 is 30.1 Å². The van der Waals surface area contributed by atoms with Crippen molar-refractivity contribution >= 4 is 39.2 Å². The van der Waals surface area contributed by atoms with E-state index in [1.807, 2.05) is 36.4 Å². The first kappa shape index (κ1) is 17.7. The van der Waals surface area contributed by atoms with Crippen molar-refractivity contribution in [2.24, 2.45) is 0 Å². The molecule has 3 aromatic carbocycles. The number of anilines is 1. The molecule has 0 aliphatic rings. The summed E-state index contributed by atoms with van der Waals surface area (Å²) >= 11 is 0. The van der Waals surface area contributed by atoms with Gasteiger partial charge in [0.25, 0.3) is 5.91 Å². The molecule has 7 heteroatoms. The van der Waals surface area contributed by atoms with Gasteiger partial charge in [-0.25, -0.2) is 13.6 Å². The summed E-state index contributed by atoms with van der Waals surface area (Å²) in [6.45, 7) is -0.634. The molecule has 0 fully saturated rings. The summed E-state index contributed by atoms with van der Waals surface area (Å²) in [7, 11) is 0. The van der Waals surface area contributed by atoms with Gasteiger partial charge in [0.15, 0.2) is 6.61 Å². The maximum absolute atomic E-state index is 13.5. The molecule has 0 aliphatic carbocycles. The van der Waals surface area contributed by atoms with E-state index in [4.69, 9.17) is 4.74 Å². The number of aromatic nitrogens is 1. The van der Waals surface area contributed by atoms with Gasteiger partial charge in [0.2, 0.25) is 0 Å². The molecule has 0 saturated carbocycles. The first-order chi connectivity index (χ1) is 13.5. The van der Waals surface area contributed by atoms with Crippen molar-refractivity contribution in [3.05, 3.63) is 78.0 Å². The van der Waals surface area contributed by atoms with E-state index in [0.29, 0.717) is 0 Å². The second kappa shape index (κ2) is 7.11. The van der Waals surface area contributed by atoms with Crippen LogP contribution in [0.1, 0.15) is 10.5 Å². The van der Waals surface area contributed by atoms with Gasteiger partial charge >= 0.3 is 5.97 Å². The first-order valence-electron chi connectivity index (χ1n) is 8.44. The van der Waals surface area contributed by atoms with Crippen LogP contribution < -0.4 is 5.32 Å². The minimum absolute atomic E-state index is 0.191. The van der Waals surface area contributed by atoms with Gasteiger partial charge in [0.05, 0.1) is 5.69 Å². The van der Waals surface area contributed by atoms with Crippen LogP contribution in [0.25, 0.3) is 21.7 Å². The third-order valence-electron chi connectivity index (χ3n) is 4.29. The quantitative estimate of drug-likeness (QED) is 0.516. The maximum atomic E-state index is 13.5. The number of nitrogens with one attached hydrogen (secondary N) is 2. The van der Waals surface area contributed by atoms with Crippen LogP contribution in [0.2, 0.25) is 0 Å². The zero-order valence-corrected chi connectivity index (χ0v) is 14.5. The van der Waals surface area contributed by atoms with E-state index >= 15 is 0 Å². The fourth-order valence-electron chi connectivity index (χ4n) is 2.98. The Hall–Kier alpha value is -3.74. The number of ether oxygens (including phenoxy) is 1. The third-order valence-corrected chi connectivity index (χ3v) is 4.29. The number of esters is 1. The standard InChI is InChI=1S/C21H14F2N2O3/c22-13-6-7-16(23)18(9-13)25-20(26)11-28-21(27)19-10-15-14-4-2-1-3-12(14)5-8-17(15)24-19/h1-10,24H,11H2,(H,25,26). The summed E-state index contributed by atoms with van der Waals surface area (Å²) in [5.74, 6) is -2.99. The molecule has 5 nitrogen and oxygen atoms in total. The lowest BCUT2D eigenvalue weighted by Crippen LogP contribution is -2.21. The highest BCUT2D eigenvalue weighted by Gasteiger charge is 2.15. The molecule has 28 heavy (non-hydrogen) atoms. The molecule has 0 radical (unpaired) electrons. The molecular weight excluding hydrogens is 366 g/mol. The maximum Gasteiger partial charge on any atom is 0.355 e. The lowest BCUT2D eigenvalue weighted by Gasteiger charge is -2.07. The Kier molecular flexibility index (Phi) is 4.49. The molecule has 140 valence electrons. The molecule has 0 bridgehead atoms. The number of hydrogen-bond acceptors (Lipinski definition) is 3. The minimum Gasteiger partial charge on any atom is -0.451 e. The Bertz CT molecular complexity index is 1220. The molecule has 0 spiro atoms. The number of hydrogen-bond donors (Lipinski definition) is 2. The van der Waals surface area contributed by atoms with Crippen molar-refractivity contribution in [2.45, 2.75) is 0 Å². The molecule has 1 aromatic heterocycles. The van der Waals surface area contributed by atoms with Gasteiger partial charge in [0.1, 0.15) is 17.3 Å². The predicted molar refractivity (Wildman–Crippen MR) is 101 cm³/mol. The lowest BCUT2D eigenvalue weighted by atomic mass is 10.1. The predicted octanol–water partition coefficient (Wildman–Crippen LogP) is 4.39. The highest BCUT2D eigenvalue weighted by molar-refractivity contribution is 6.09. The SMILES string of the molecule is O=C(COC(=O)c1cc2c(ccc3ccccc32)[nH]1)Nc1cc(F)ccc1F. The van der Waals surface area contributed by atoms with Gasteiger partial charge in [-0.2, -0.15) is 0 Å². The molecule has 1 amide bonds. The molecule has 0 atom stereocenters. The van der Waals surface area contributed by atoms with E-state index in [9.17, 15) is 18.4 Å². The molecule has 0 aliphatic heterocycles. The largest absolute Gasteiger partial charge is 0.451 e. The highest BCUT2D eigenvalue weighted by atomic mass is 19.1. The van der Waals surface area contributed by atoms with Crippen LogP contribution in [0.5, 0.6) is 0 Å². The fraction of sp³-hybridized carbons (Fsp3) is 0.0476. The number of benzene rings is 3. The van der Waals surface area contributed by atoms with Gasteiger partial charge in [-0.05, 0) is 35.0 Å². The van der Waals surface area contributed by atoms with Gasteiger partial charge < -0.3 is 15.0 Å². The number of H-pyrrole nitrogens is 1. The summed E-state index contributed by atoms with van der Waals surface area (Å²) in [5, 5.41) is 5.04. The van der Waals surface area contributed by atoms with Crippen molar-refractivity contribution in [2.75, 3.05) is 11.9 Å². The minimum atomic E-state index is -0.788. The number of amides is 1. The van der Waals surface area contributed by atoms with Crippen molar-refractivity contribution in [1.82, 2.24) is 4.98 Å². The summed E-state index contributed by atoms with van der Waals surface area (Å²) in [4.78, 5) is 27.1. The topological polar surface area (TPSA) is 71.2 Å². The Balaban J connectivity index is 1.47. The van der Waals surface area contributed by atoms with Gasteiger partial charge in [-0.15, -0.1) is 0 Å². The molecule has 4 rings (SSSR count). The molecule has 0 saturated heterocycles. The van der Waals surface area contributed by atoms with Gasteiger partial charge in [0, 0.05) is 17.0 Å². The van der Waals surface area contributed by atoms with Gasteiger partial charge in [-0.1, -0.05) is 30.3 Å². The number of aromatic amines is 1. The Morgan fingerprint density at radius 3 is 2.64 bits per heavy atom. The Morgan fingerprint density at radius 2 is 1.79 bits per heavy atom. The van der Waals surface area contributed by atoms with E-state index in [2.05, 4.69) is 10.3 Å². The fourth-order valence-corrected chi connectivity index (χ4v) is 2.98. The zero-order chi connectivity index (χ0) is 19.7. The van der Waals surface area contributed by atoms with Crippen molar-refractivity contribution in [3.8, 4) is 0 Å². The zero-order valence-electron chi connectivity index (χ0n) is 14.5. The average molecular weight is 380 g/mol. The summed E-state index contributed by atoms with van der Waals surface area (Å²) in [5.41, 5.74) is 0.631. The Morgan fingerprint density at radius 1 is 0.964 bits per heavy atom. The highest BCUT2D eigenvalue weighted by Crippen LogP contribution is 2.26. The normalized spacial score (nSPS) is 10.9. The number of carbonyl (C=O) groups excluding carboxylic acids is 2. The van der Waals surface area contributed by atoms with Crippen molar-refractivity contribution in [3.63, 3.8) is 0 Å². The van der Waals surface area contributed by atoms with E-state index in [1.54, 1.807) is 6.07 Å². The number of halogens is 2. The van der Waals surface area contributed by atoms with Crippen LogP contribution in [0.4, 0.5) is 14.5 Å². The molecule has 2 N–H and O–H groups in total. The molecule has 1 heterocycles. The van der Waals surface area contributed by atoms with E-state index in [-0.39, 0.29) is 11.4 Å². The number of carbonyl (C=O) groups is 2. The van der Waals surface area contributed by atoms with Crippen LogP contribution in [-0.4, -0.2) is 23.5 Å². The molecule has 4 aromatic rings. The summed E-state index contributed by atoms with van der Waals surface area (Å²) in [6.07, 6.45) is 0. The summed E-state index contributed by atoms with van der Waals surface area (Å²) in [6, 6.07) is 15.9. The lowest BCUT2D eigenvalue weighted by molar-refractivity contribution is -0.119. The van der Waals surface area contributed by atoms with Crippen molar-refractivity contribution in [1.29, 1.82) is 0 Å². The van der Waals surface area contributed by atoms with Crippen LogP contribution in [-0.2, 0) is 9.53 Å². The monoisotopic (exact) mass is 380 g/mol. The average Bonchev–Trinajstić information content (AvgIpc) is 3.14. The van der Waals surface area contributed by atoms with E-state index in [1.165, 1.54) is 0 Å². The smallest absolute Gasteiger partial charge is 0.355 e. The number of rotatable bonds is 4. The van der Waals surface area contributed by atoms with Crippen LogP contribution in [0, 0.1) is 11.6 Å².